The predicted molar refractivity (Wildman–Crippen MR) is 40.2 cm³/mol. The third-order valence-corrected chi connectivity index (χ3v) is 2.33. The van der Waals surface area contributed by atoms with Crippen LogP contribution in [0.3, 0.4) is 0 Å². The summed E-state index contributed by atoms with van der Waals surface area (Å²) < 4.78 is 0. The van der Waals surface area contributed by atoms with Gasteiger partial charge in [-0.05, 0) is 0 Å². The molecular weight excluding hydrogens is 172 g/mol. The monoisotopic (exact) mass is 176 g/mol. The first-order chi connectivity index (χ1) is 4.74. The molecule has 0 radical (unpaired) electrons. The van der Waals surface area contributed by atoms with E-state index in [0.717, 1.165) is 5.01 Å². The van der Waals surface area contributed by atoms with Crippen LogP contribution in [-0.4, -0.2) is 10.9 Å². The molecule has 1 aromatic rings. The largest absolute Gasteiger partial charge is 0.365 e. The van der Waals surface area contributed by atoms with Crippen molar-refractivity contribution in [2.45, 2.75) is 5.88 Å². The van der Waals surface area contributed by atoms with Crippen molar-refractivity contribution < 1.29 is 4.79 Å². The van der Waals surface area contributed by atoms with Gasteiger partial charge in [-0.25, -0.2) is 4.98 Å². The lowest BCUT2D eigenvalue weighted by atomic mass is 10.5. The summed E-state index contributed by atoms with van der Waals surface area (Å²) in [5.74, 6) is -0.119. The van der Waals surface area contributed by atoms with Gasteiger partial charge in [-0.3, -0.25) is 4.79 Å². The van der Waals surface area contributed by atoms with E-state index in [1.807, 2.05) is 0 Å². The van der Waals surface area contributed by atoms with E-state index < -0.39 is 5.91 Å². The van der Waals surface area contributed by atoms with E-state index in [1.54, 1.807) is 0 Å². The molecule has 0 bridgehead atoms. The molecule has 0 aromatic carbocycles. The highest BCUT2D eigenvalue weighted by atomic mass is 35.5. The Morgan fingerprint density at radius 1 is 1.90 bits per heavy atom. The number of halogens is 1. The highest BCUT2D eigenvalue weighted by molar-refractivity contribution is 7.13. The SMILES string of the molecule is NC(=O)c1cnc(CCl)s1. The van der Waals surface area contributed by atoms with E-state index in [-0.39, 0.29) is 0 Å². The van der Waals surface area contributed by atoms with E-state index in [0.29, 0.717) is 10.8 Å². The maximum Gasteiger partial charge on any atom is 0.260 e. The van der Waals surface area contributed by atoms with Crippen LogP contribution in [0.2, 0.25) is 0 Å². The average Bonchev–Trinajstić information content (AvgIpc) is 2.34. The number of alkyl halides is 1. The summed E-state index contributed by atoms with van der Waals surface area (Å²) in [5.41, 5.74) is 4.97. The van der Waals surface area contributed by atoms with Gasteiger partial charge in [0.25, 0.3) is 5.91 Å². The lowest BCUT2D eigenvalue weighted by molar-refractivity contribution is 0.100. The topological polar surface area (TPSA) is 56.0 Å². The van der Waals surface area contributed by atoms with Crippen LogP contribution in [0.1, 0.15) is 14.7 Å². The number of amides is 1. The summed E-state index contributed by atoms with van der Waals surface area (Å²) in [5, 5.41) is 0.718. The first kappa shape index (κ1) is 7.50. The maximum atomic E-state index is 10.5. The lowest BCUT2D eigenvalue weighted by Gasteiger charge is -1.81. The molecule has 0 aliphatic heterocycles. The molecule has 0 aliphatic carbocycles. The normalized spacial score (nSPS) is 9.70. The molecule has 2 N–H and O–H groups in total. The molecule has 1 aromatic heterocycles. The van der Waals surface area contributed by atoms with Gasteiger partial charge in [0.2, 0.25) is 0 Å². The van der Waals surface area contributed by atoms with Crippen LogP contribution >= 0.6 is 22.9 Å². The number of carbonyl (C=O) groups is 1. The number of rotatable bonds is 2. The minimum absolute atomic E-state index is 0.331. The minimum atomic E-state index is -0.450. The minimum Gasteiger partial charge on any atom is -0.365 e. The molecule has 0 spiro atoms. The number of hydrogen-bond donors (Lipinski definition) is 1. The Labute approximate surface area is 66.8 Å². The van der Waals surface area contributed by atoms with E-state index in [1.165, 1.54) is 17.5 Å². The van der Waals surface area contributed by atoms with Crippen molar-refractivity contribution in [3.05, 3.63) is 16.1 Å². The Kier molecular flexibility index (Phi) is 2.24. The van der Waals surface area contributed by atoms with E-state index >= 15 is 0 Å². The third kappa shape index (κ3) is 1.46. The van der Waals surface area contributed by atoms with Gasteiger partial charge in [0.1, 0.15) is 9.88 Å². The van der Waals surface area contributed by atoms with Crippen LogP contribution in [0.4, 0.5) is 0 Å². The van der Waals surface area contributed by atoms with Gasteiger partial charge in [-0.15, -0.1) is 22.9 Å². The molecule has 5 heteroatoms. The summed E-state index contributed by atoms with van der Waals surface area (Å²) in [6.07, 6.45) is 1.44. The first-order valence-corrected chi connectivity index (χ1v) is 3.89. The van der Waals surface area contributed by atoms with Gasteiger partial charge in [0.05, 0.1) is 12.1 Å². The number of hydrogen-bond acceptors (Lipinski definition) is 3. The second-order valence-corrected chi connectivity index (χ2v) is 3.00. The van der Waals surface area contributed by atoms with Crippen molar-refractivity contribution in [2.24, 2.45) is 5.73 Å². The van der Waals surface area contributed by atoms with Crippen molar-refractivity contribution >= 4 is 28.8 Å². The van der Waals surface area contributed by atoms with Crippen molar-refractivity contribution in [3.8, 4) is 0 Å². The number of aromatic nitrogens is 1. The first-order valence-electron chi connectivity index (χ1n) is 2.54. The van der Waals surface area contributed by atoms with Gasteiger partial charge in [0, 0.05) is 0 Å². The molecule has 1 rings (SSSR count). The summed E-state index contributed by atoms with van der Waals surface area (Å²) in [7, 11) is 0. The molecule has 0 saturated heterocycles. The van der Waals surface area contributed by atoms with E-state index in [4.69, 9.17) is 17.3 Å². The molecule has 3 nitrogen and oxygen atoms in total. The van der Waals surface area contributed by atoms with Gasteiger partial charge in [-0.1, -0.05) is 0 Å². The highest BCUT2D eigenvalue weighted by Crippen LogP contribution is 2.13. The van der Waals surface area contributed by atoms with Gasteiger partial charge >= 0.3 is 0 Å². The smallest absolute Gasteiger partial charge is 0.260 e. The van der Waals surface area contributed by atoms with Crippen molar-refractivity contribution in [1.29, 1.82) is 0 Å². The Morgan fingerprint density at radius 2 is 2.60 bits per heavy atom. The van der Waals surface area contributed by atoms with Gasteiger partial charge in [0.15, 0.2) is 0 Å². The Bertz CT molecular complexity index is 248. The van der Waals surface area contributed by atoms with Gasteiger partial charge < -0.3 is 5.73 Å². The quantitative estimate of drug-likeness (QED) is 0.683. The average molecular weight is 177 g/mol. The molecule has 1 heterocycles. The van der Waals surface area contributed by atoms with Crippen molar-refractivity contribution in [3.63, 3.8) is 0 Å². The van der Waals surface area contributed by atoms with Crippen LogP contribution in [0.5, 0.6) is 0 Å². The standard InChI is InChI=1S/C5H5ClN2OS/c6-1-4-8-2-3(10-4)5(7)9/h2H,1H2,(H2,7,9). The number of carbonyl (C=O) groups excluding carboxylic acids is 1. The van der Waals surface area contributed by atoms with Crippen LogP contribution in [0.25, 0.3) is 0 Å². The second kappa shape index (κ2) is 2.98. The summed E-state index contributed by atoms with van der Waals surface area (Å²) >= 11 is 6.66. The zero-order chi connectivity index (χ0) is 7.56. The van der Waals surface area contributed by atoms with Crippen LogP contribution in [0, 0.1) is 0 Å². The second-order valence-electron chi connectivity index (χ2n) is 1.62. The summed E-state index contributed by atoms with van der Waals surface area (Å²) in [4.78, 5) is 14.8. The lowest BCUT2D eigenvalue weighted by Crippen LogP contribution is -2.08. The molecule has 0 saturated carbocycles. The maximum absolute atomic E-state index is 10.5. The molecule has 0 atom stereocenters. The Morgan fingerprint density at radius 3 is 2.90 bits per heavy atom. The fourth-order valence-corrected chi connectivity index (χ4v) is 1.34. The molecule has 0 aliphatic rings. The van der Waals surface area contributed by atoms with Crippen molar-refractivity contribution in [1.82, 2.24) is 4.98 Å². The fraction of sp³-hybridized carbons (Fsp3) is 0.200. The number of nitrogens with two attached hydrogens (primary N) is 1. The Balaban J connectivity index is 2.88. The van der Waals surface area contributed by atoms with Crippen LogP contribution < -0.4 is 5.73 Å². The summed E-state index contributed by atoms with van der Waals surface area (Å²) in [6.45, 7) is 0. The third-order valence-electron chi connectivity index (χ3n) is 0.911. The zero-order valence-electron chi connectivity index (χ0n) is 5.00. The molecule has 0 fully saturated rings. The van der Waals surface area contributed by atoms with Crippen LogP contribution in [0.15, 0.2) is 6.20 Å². The van der Waals surface area contributed by atoms with Crippen LogP contribution in [-0.2, 0) is 5.88 Å². The number of thiazole rings is 1. The molecule has 1 amide bonds. The Hall–Kier alpha value is -0.610. The van der Waals surface area contributed by atoms with E-state index in [9.17, 15) is 4.79 Å². The van der Waals surface area contributed by atoms with E-state index in [2.05, 4.69) is 4.98 Å². The number of nitrogens with zero attached hydrogens (tertiary/aromatic N) is 1. The summed E-state index contributed by atoms with van der Waals surface area (Å²) in [6, 6.07) is 0. The van der Waals surface area contributed by atoms with Crippen molar-refractivity contribution in [2.75, 3.05) is 0 Å². The molecule has 0 unspecified atom stereocenters. The molecule has 54 valence electrons. The fourth-order valence-electron chi connectivity index (χ4n) is 0.486. The molecular formula is C5H5ClN2OS. The van der Waals surface area contributed by atoms with Gasteiger partial charge in [-0.2, -0.15) is 0 Å². The highest BCUT2D eigenvalue weighted by Gasteiger charge is 2.04. The molecule has 10 heavy (non-hydrogen) atoms. The number of primary amides is 1. The zero-order valence-corrected chi connectivity index (χ0v) is 6.58. The predicted octanol–water partition coefficient (Wildman–Crippen LogP) is 0.981.